The van der Waals surface area contributed by atoms with Crippen molar-refractivity contribution < 1.29 is 28.5 Å². The van der Waals surface area contributed by atoms with Crippen molar-refractivity contribution in [1.29, 1.82) is 0 Å². The first-order valence-corrected chi connectivity index (χ1v) is 9.95. The fourth-order valence-electron chi connectivity index (χ4n) is 2.35. The summed E-state index contributed by atoms with van der Waals surface area (Å²) < 4.78 is 20.0. The Kier molecular flexibility index (Phi) is 11.6. The molecule has 0 fully saturated rings. The molecular weight excluding hydrogens is 416 g/mol. The summed E-state index contributed by atoms with van der Waals surface area (Å²) >= 11 is 0. The van der Waals surface area contributed by atoms with Gasteiger partial charge in [0.25, 0.3) is 0 Å². The Hall–Kier alpha value is -3.18. The molecule has 32 heavy (non-hydrogen) atoms. The molecule has 0 bridgehead atoms. The van der Waals surface area contributed by atoms with Gasteiger partial charge >= 0.3 is 0 Å². The van der Waals surface area contributed by atoms with Crippen LogP contribution in [0.15, 0.2) is 58.8 Å². The topological polar surface area (TPSA) is 120 Å². The molecule has 0 aliphatic heterocycles. The third-order valence-electron chi connectivity index (χ3n) is 3.91. The van der Waals surface area contributed by atoms with Crippen LogP contribution in [0.5, 0.6) is 0 Å². The van der Waals surface area contributed by atoms with Crippen molar-refractivity contribution in [2.24, 2.45) is 10.2 Å². The van der Waals surface area contributed by atoms with Crippen LogP contribution in [0.3, 0.4) is 0 Å². The van der Waals surface area contributed by atoms with E-state index in [9.17, 15) is 9.59 Å². The van der Waals surface area contributed by atoms with Crippen LogP contribution in [0.2, 0.25) is 0 Å². The highest BCUT2D eigenvalue weighted by Gasteiger charge is 2.04. The van der Waals surface area contributed by atoms with Gasteiger partial charge in [0.05, 0.1) is 37.8 Å². The molecule has 172 valence electrons. The van der Waals surface area contributed by atoms with Crippen LogP contribution in [0.25, 0.3) is 0 Å². The second-order valence-electron chi connectivity index (χ2n) is 6.48. The summed E-state index contributed by atoms with van der Waals surface area (Å²) in [6, 6.07) is 13.9. The van der Waals surface area contributed by atoms with E-state index in [4.69, 9.17) is 18.9 Å². The van der Waals surface area contributed by atoms with Crippen LogP contribution in [0.4, 0.5) is 22.7 Å². The monoisotopic (exact) mass is 444 g/mol. The van der Waals surface area contributed by atoms with Gasteiger partial charge < -0.3 is 29.6 Å². The summed E-state index contributed by atoms with van der Waals surface area (Å²) in [5, 5.41) is 13.8. The summed E-state index contributed by atoms with van der Waals surface area (Å²) in [7, 11) is 3.14. The molecule has 0 radical (unpaired) electrons. The first-order valence-electron chi connectivity index (χ1n) is 9.95. The van der Waals surface area contributed by atoms with E-state index < -0.39 is 0 Å². The first kappa shape index (κ1) is 25.1. The number of hydrogen-bond acceptors (Lipinski definition) is 8. The average Bonchev–Trinajstić information content (AvgIpc) is 2.80. The van der Waals surface area contributed by atoms with Crippen LogP contribution in [0, 0.1) is 0 Å². The van der Waals surface area contributed by atoms with Crippen molar-refractivity contribution in [2.75, 3.05) is 64.5 Å². The van der Waals surface area contributed by atoms with Crippen LogP contribution >= 0.6 is 0 Å². The third-order valence-corrected chi connectivity index (χ3v) is 3.91. The quantitative estimate of drug-likeness (QED) is 0.341. The summed E-state index contributed by atoms with van der Waals surface area (Å²) in [5.41, 5.74) is 2.53. The number of carbonyl (C=O) groups is 2. The zero-order valence-corrected chi connectivity index (χ0v) is 18.2. The second kappa shape index (κ2) is 14.8. The lowest BCUT2D eigenvalue weighted by atomic mass is 10.3. The molecular formula is C22H28N4O6. The predicted molar refractivity (Wildman–Crippen MR) is 120 cm³/mol. The molecule has 0 heterocycles. The van der Waals surface area contributed by atoms with Gasteiger partial charge in [0.15, 0.2) is 0 Å². The number of benzene rings is 2. The van der Waals surface area contributed by atoms with Crippen LogP contribution in [0.1, 0.15) is 0 Å². The summed E-state index contributed by atoms with van der Waals surface area (Å²) in [4.78, 5) is 23.6. The number of nitrogens with zero attached hydrogens (tertiary/aromatic N) is 2. The molecule has 10 heteroatoms. The Balaban J connectivity index is 1.77. The number of anilines is 2. The van der Waals surface area contributed by atoms with Crippen molar-refractivity contribution in [3.05, 3.63) is 48.5 Å². The van der Waals surface area contributed by atoms with Gasteiger partial charge in [0.2, 0.25) is 11.8 Å². The maximum atomic E-state index is 11.8. The fourth-order valence-corrected chi connectivity index (χ4v) is 2.35. The number of azo groups is 1. The lowest BCUT2D eigenvalue weighted by molar-refractivity contribution is -0.121. The van der Waals surface area contributed by atoms with Gasteiger partial charge in [-0.05, 0) is 48.5 Å². The van der Waals surface area contributed by atoms with Gasteiger partial charge in [-0.15, -0.1) is 0 Å². The Morgan fingerprint density at radius 2 is 1.03 bits per heavy atom. The van der Waals surface area contributed by atoms with Crippen molar-refractivity contribution in [1.82, 2.24) is 0 Å². The van der Waals surface area contributed by atoms with Crippen molar-refractivity contribution in [3.63, 3.8) is 0 Å². The van der Waals surface area contributed by atoms with E-state index >= 15 is 0 Å². The lowest BCUT2D eigenvalue weighted by Gasteiger charge is -2.06. The Labute approximate surface area is 186 Å². The Morgan fingerprint density at radius 1 is 0.656 bits per heavy atom. The van der Waals surface area contributed by atoms with E-state index in [0.717, 1.165) is 0 Å². The van der Waals surface area contributed by atoms with Crippen LogP contribution < -0.4 is 10.6 Å². The lowest BCUT2D eigenvalue weighted by Crippen LogP contribution is -2.19. The molecule has 2 N–H and O–H groups in total. The van der Waals surface area contributed by atoms with Gasteiger partial charge in [0, 0.05) is 25.6 Å². The third kappa shape index (κ3) is 10.2. The highest BCUT2D eigenvalue weighted by atomic mass is 16.5. The zero-order chi connectivity index (χ0) is 23.0. The molecule has 0 saturated heterocycles. The minimum absolute atomic E-state index is 0.0396. The Morgan fingerprint density at radius 3 is 1.38 bits per heavy atom. The minimum atomic E-state index is -0.246. The van der Waals surface area contributed by atoms with Gasteiger partial charge in [-0.2, -0.15) is 10.2 Å². The van der Waals surface area contributed by atoms with E-state index in [1.54, 1.807) is 62.8 Å². The van der Waals surface area contributed by atoms with Crippen LogP contribution in [-0.2, 0) is 28.5 Å². The highest BCUT2D eigenvalue weighted by Crippen LogP contribution is 2.21. The predicted octanol–water partition coefficient (Wildman–Crippen LogP) is 3.31. The molecule has 2 aromatic rings. The molecule has 0 aromatic heterocycles. The molecule has 2 amide bonds. The standard InChI is InChI=1S/C22H28N4O6/c1-29-11-13-31-15-21(27)23-17-3-7-19(8-4-17)25-26-20-9-5-18(6-10-20)24-22(28)16-32-14-12-30-2/h3-10H,11-16H2,1-2H3,(H,23,27)(H,24,28). The molecule has 2 rings (SSSR count). The van der Waals surface area contributed by atoms with Gasteiger partial charge in [-0.25, -0.2) is 0 Å². The molecule has 2 aromatic carbocycles. The molecule has 0 saturated carbocycles. The first-order chi connectivity index (χ1) is 15.6. The number of nitrogens with one attached hydrogen (secondary N) is 2. The van der Waals surface area contributed by atoms with Gasteiger partial charge in [-0.3, -0.25) is 9.59 Å². The minimum Gasteiger partial charge on any atom is -0.382 e. The van der Waals surface area contributed by atoms with E-state index in [1.165, 1.54) is 0 Å². The smallest absolute Gasteiger partial charge is 0.250 e. The largest absolute Gasteiger partial charge is 0.382 e. The normalized spacial score (nSPS) is 10.9. The van der Waals surface area contributed by atoms with Gasteiger partial charge in [0.1, 0.15) is 13.2 Å². The van der Waals surface area contributed by atoms with E-state index in [1.807, 2.05) is 0 Å². The number of hydrogen-bond donors (Lipinski definition) is 2. The van der Waals surface area contributed by atoms with E-state index in [0.29, 0.717) is 49.2 Å². The summed E-state index contributed by atoms with van der Waals surface area (Å²) in [6.45, 7) is 1.52. The van der Waals surface area contributed by atoms with Gasteiger partial charge in [-0.1, -0.05) is 0 Å². The molecule has 0 atom stereocenters. The number of methoxy groups -OCH3 is 2. The molecule has 0 spiro atoms. The molecule has 10 nitrogen and oxygen atoms in total. The van der Waals surface area contributed by atoms with Crippen LogP contribution in [-0.4, -0.2) is 65.7 Å². The SMILES string of the molecule is COCCOCC(=O)Nc1ccc(N=Nc2ccc(NC(=O)COCCOC)cc2)cc1. The van der Waals surface area contributed by atoms with Crippen molar-refractivity contribution in [3.8, 4) is 0 Å². The fraction of sp³-hybridized carbons (Fsp3) is 0.364. The number of carbonyl (C=O) groups excluding carboxylic acids is 2. The summed E-state index contributed by atoms with van der Waals surface area (Å²) in [6.07, 6.45) is 0. The molecule has 0 aliphatic carbocycles. The number of rotatable bonds is 14. The van der Waals surface area contributed by atoms with Crippen molar-refractivity contribution >= 4 is 34.6 Å². The Bertz CT molecular complexity index is 784. The molecule has 0 aliphatic rings. The highest BCUT2D eigenvalue weighted by molar-refractivity contribution is 5.92. The maximum Gasteiger partial charge on any atom is 0.250 e. The number of amides is 2. The summed E-state index contributed by atoms with van der Waals surface area (Å²) in [5.74, 6) is -0.492. The second-order valence-corrected chi connectivity index (χ2v) is 6.48. The maximum absolute atomic E-state index is 11.8. The zero-order valence-electron chi connectivity index (χ0n) is 18.2. The van der Waals surface area contributed by atoms with Crippen molar-refractivity contribution in [2.45, 2.75) is 0 Å². The number of ether oxygens (including phenoxy) is 4. The molecule has 0 unspecified atom stereocenters. The van der Waals surface area contributed by atoms with E-state index in [2.05, 4.69) is 20.9 Å². The average molecular weight is 444 g/mol. The van der Waals surface area contributed by atoms with E-state index in [-0.39, 0.29) is 25.0 Å².